The van der Waals surface area contributed by atoms with Crippen LogP contribution in [0, 0.1) is 0 Å². The third-order valence-electron chi connectivity index (χ3n) is 3.66. The summed E-state index contributed by atoms with van der Waals surface area (Å²) in [6.07, 6.45) is 8.87. The molecule has 0 bridgehead atoms. The zero-order valence-electron chi connectivity index (χ0n) is 11.3. The van der Waals surface area contributed by atoms with Gasteiger partial charge in [0.1, 0.15) is 0 Å². The number of rotatable bonds is 2. The molecule has 0 unspecified atom stereocenters. The van der Waals surface area contributed by atoms with Crippen LogP contribution in [0.2, 0.25) is 0 Å². The molecule has 0 heterocycles. The van der Waals surface area contributed by atoms with Crippen molar-refractivity contribution in [2.75, 3.05) is 12.5 Å². The molecule has 20 heavy (non-hydrogen) atoms. The molecule has 104 valence electrons. The van der Waals surface area contributed by atoms with Crippen molar-refractivity contribution in [3.63, 3.8) is 0 Å². The lowest BCUT2D eigenvalue weighted by atomic mass is 9.96. The Morgan fingerprint density at radius 2 is 1.80 bits per heavy atom. The van der Waals surface area contributed by atoms with Crippen molar-refractivity contribution < 1.29 is 0 Å². The first-order valence-corrected chi connectivity index (χ1v) is 10.4. The van der Waals surface area contributed by atoms with Crippen molar-refractivity contribution >= 4 is 66.5 Å². The summed E-state index contributed by atoms with van der Waals surface area (Å²) in [5.41, 5.74) is 7.12. The average Bonchev–Trinajstić information content (AvgIpc) is 2.74. The standard InChI is InChI=1S/C16H14Br2S2/c1-19-16(20-2)15-13-7-9(17)3-5-11(13)12-6-4-10(18)8-14(12)15/h3,5,7-8H,4,6H2,1-2H3. The van der Waals surface area contributed by atoms with E-state index in [1.807, 2.05) is 23.5 Å². The molecule has 0 aromatic heterocycles. The number of hydrogen-bond acceptors (Lipinski definition) is 2. The summed E-state index contributed by atoms with van der Waals surface area (Å²) in [5, 5.41) is 0. The fraction of sp³-hybridized carbons (Fsp3) is 0.250. The van der Waals surface area contributed by atoms with Crippen LogP contribution in [0.3, 0.4) is 0 Å². The van der Waals surface area contributed by atoms with Crippen LogP contribution in [0.25, 0.3) is 11.1 Å². The Morgan fingerprint density at radius 3 is 2.50 bits per heavy atom. The summed E-state index contributed by atoms with van der Waals surface area (Å²) in [4.78, 5) is 0. The van der Waals surface area contributed by atoms with Crippen LogP contribution in [-0.4, -0.2) is 12.5 Å². The first-order chi connectivity index (χ1) is 9.65. The second kappa shape index (κ2) is 6.07. The summed E-state index contributed by atoms with van der Waals surface area (Å²) in [7, 11) is 0. The van der Waals surface area contributed by atoms with E-state index in [1.165, 1.54) is 36.6 Å². The zero-order valence-corrected chi connectivity index (χ0v) is 16.1. The van der Waals surface area contributed by atoms with Crippen LogP contribution in [0.5, 0.6) is 0 Å². The van der Waals surface area contributed by atoms with Gasteiger partial charge in [0.05, 0.1) is 0 Å². The van der Waals surface area contributed by atoms with Crippen molar-refractivity contribution in [3.05, 3.63) is 54.2 Å². The molecule has 0 saturated carbocycles. The lowest BCUT2D eigenvalue weighted by Crippen LogP contribution is -1.91. The van der Waals surface area contributed by atoms with Crippen molar-refractivity contribution in [2.45, 2.75) is 12.8 Å². The third-order valence-corrected chi connectivity index (χ3v) is 6.93. The number of hydrogen-bond donors (Lipinski definition) is 0. The van der Waals surface area contributed by atoms with Gasteiger partial charge in [-0.1, -0.05) is 37.9 Å². The molecule has 0 nitrogen and oxygen atoms in total. The van der Waals surface area contributed by atoms with E-state index < -0.39 is 0 Å². The van der Waals surface area contributed by atoms with Crippen LogP contribution >= 0.6 is 55.4 Å². The summed E-state index contributed by atoms with van der Waals surface area (Å²) >= 11 is 11.0. The minimum Gasteiger partial charge on any atom is -0.122 e. The van der Waals surface area contributed by atoms with Crippen LogP contribution in [0.4, 0.5) is 0 Å². The number of halogens is 2. The van der Waals surface area contributed by atoms with Gasteiger partial charge >= 0.3 is 0 Å². The van der Waals surface area contributed by atoms with Gasteiger partial charge in [-0.3, -0.25) is 0 Å². The molecule has 1 aromatic carbocycles. The maximum Gasteiger partial charge on any atom is 0.0480 e. The molecule has 0 amide bonds. The highest BCUT2D eigenvalue weighted by Gasteiger charge is 2.29. The van der Waals surface area contributed by atoms with E-state index in [9.17, 15) is 0 Å². The Bertz CT molecular complexity index is 663. The highest BCUT2D eigenvalue weighted by Crippen LogP contribution is 2.52. The first-order valence-electron chi connectivity index (χ1n) is 6.38. The van der Waals surface area contributed by atoms with Gasteiger partial charge in [-0.25, -0.2) is 0 Å². The Kier molecular flexibility index (Phi) is 4.56. The quantitative estimate of drug-likeness (QED) is 0.513. The molecule has 0 spiro atoms. The smallest absolute Gasteiger partial charge is 0.0480 e. The second-order valence-corrected chi connectivity index (χ2v) is 8.57. The highest BCUT2D eigenvalue weighted by atomic mass is 79.9. The normalized spacial score (nSPS) is 17.0. The Labute approximate surface area is 145 Å². The second-order valence-electron chi connectivity index (χ2n) is 4.74. The van der Waals surface area contributed by atoms with Gasteiger partial charge < -0.3 is 0 Å². The molecule has 4 heteroatoms. The SMILES string of the molecule is CSC(SC)=C1C2=C(CCC(Br)=C2)c2ccc(Br)cc21. The Morgan fingerprint density at radius 1 is 1.05 bits per heavy atom. The van der Waals surface area contributed by atoms with Gasteiger partial charge in [-0.2, -0.15) is 0 Å². The van der Waals surface area contributed by atoms with Gasteiger partial charge in [0, 0.05) is 14.3 Å². The number of fused-ring (bicyclic) bond motifs is 2. The largest absolute Gasteiger partial charge is 0.122 e. The van der Waals surface area contributed by atoms with Gasteiger partial charge in [0.25, 0.3) is 0 Å². The fourth-order valence-electron chi connectivity index (χ4n) is 2.84. The summed E-state index contributed by atoms with van der Waals surface area (Å²) < 4.78 is 3.85. The molecule has 2 aliphatic rings. The molecule has 0 atom stereocenters. The Hall–Kier alpha value is 0.1000. The van der Waals surface area contributed by atoms with Gasteiger partial charge in [0.2, 0.25) is 0 Å². The monoisotopic (exact) mass is 428 g/mol. The number of allylic oxidation sites excluding steroid dienone is 5. The molecule has 0 aliphatic heterocycles. The maximum atomic E-state index is 3.69. The molecular weight excluding hydrogens is 416 g/mol. The van der Waals surface area contributed by atoms with E-state index in [2.05, 4.69) is 68.6 Å². The summed E-state index contributed by atoms with van der Waals surface area (Å²) in [5.74, 6) is 0. The molecule has 2 aliphatic carbocycles. The average molecular weight is 430 g/mol. The van der Waals surface area contributed by atoms with E-state index >= 15 is 0 Å². The van der Waals surface area contributed by atoms with Gasteiger partial charge in [-0.15, -0.1) is 23.5 Å². The number of benzene rings is 1. The van der Waals surface area contributed by atoms with E-state index in [4.69, 9.17) is 0 Å². The Balaban J connectivity index is 2.30. The third kappa shape index (κ3) is 2.49. The minimum absolute atomic E-state index is 1.11. The van der Waals surface area contributed by atoms with Crippen molar-refractivity contribution in [2.24, 2.45) is 0 Å². The van der Waals surface area contributed by atoms with Crippen LogP contribution < -0.4 is 0 Å². The summed E-state index contributed by atoms with van der Waals surface area (Å²) in [6, 6.07) is 6.67. The lowest BCUT2D eigenvalue weighted by Gasteiger charge is -2.14. The van der Waals surface area contributed by atoms with E-state index in [0.29, 0.717) is 0 Å². The van der Waals surface area contributed by atoms with Crippen molar-refractivity contribution in [3.8, 4) is 0 Å². The molecule has 0 fully saturated rings. The highest BCUT2D eigenvalue weighted by molar-refractivity contribution is 9.11. The first kappa shape index (κ1) is 15.0. The predicted octanol–water partition coefficient (Wildman–Crippen LogP) is 6.68. The predicted molar refractivity (Wildman–Crippen MR) is 101 cm³/mol. The van der Waals surface area contributed by atoms with Crippen molar-refractivity contribution in [1.29, 1.82) is 0 Å². The molecule has 0 N–H and O–H groups in total. The summed E-state index contributed by atoms with van der Waals surface area (Å²) in [6.45, 7) is 0. The molecule has 3 rings (SSSR count). The maximum absolute atomic E-state index is 3.69. The minimum atomic E-state index is 1.11. The molecule has 0 saturated heterocycles. The molecular formula is C16H14Br2S2. The van der Waals surface area contributed by atoms with Crippen LogP contribution in [-0.2, 0) is 0 Å². The van der Waals surface area contributed by atoms with E-state index in [1.54, 1.807) is 0 Å². The lowest BCUT2D eigenvalue weighted by molar-refractivity contribution is 1.04. The molecule has 1 aromatic rings. The van der Waals surface area contributed by atoms with Gasteiger partial charge in [-0.05, 0) is 70.3 Å². The molecule has 0 radical (unpaired) electrons. The van der Waals surface area contributed by atoms with Gasteiger partial charge in [0.15, 0.2) is 0 Å². The van der Waals surface area contributed by atoms with Crippen LogP contribution in [0.15, 0.2) is 43.0 Å². The fourth-order valence-corrected chi connectivity index (χ4v) is 5.14. The zero-order chi connectivity index (χ0) is 14.3. The van der Waals surface area contributed by atoms with E-state index in [0.717, 1.165) is 17.3 Å². The number of thioether (sulfide) groups is 2. The van der Waals surface area contributed by atoms with Crippen LogP contribution in [0.1, 0.15) is 24.0 Å². The topological polar surface area (TPSA) is 0 Å². The van der Waals surface area contributed by atoms with E-state index in [-0.39, 0.29) is 0 Å². The van der Waals surface area contributed by atoms with Crippen molar-refractivity contribution in [1.82, 2.24) is 0 Å².